The number of non-ortho nitro benzene ring substituents is 1. The molecule has 1 heterocycles. The van der Waals surface area contributed by atoms with E-state index in [0.29, 0.717) is 11.4 Å². The van der Waals surface area contributed by atoms with Crippen LogP contribution in [-0.4, -0.2) is 54.4 Å². The zero-order valence-corrected chi connectivity index (χ0v) is 16.9. The van der Waals surface area contributed by atoms with E-state index in [4.69, 9.17) is 0 Å². The molecule has 2 aromatic rings. The zero-order chi connectivity index (χ0) is 20.1. The van der Waals surface area contributed by atoms with Crippen LogP contribution in [0.25, 0.3) is 0 Å². The van der Waals surface area contributed by atoms with Crippen molar-refractivity contribution in [2.75, 3.05) is 48.9 Å². The molecule has 1 amide bonds. The summed E-state index contributed by atoms with van der Waals surface area (Å²) in [5.74, 6) is 1.94. The van der Waals surface area contributed by atoms with Gasteiger partial charge in [0.05, 0.1) is 10.5 Å². The first kappa shape index (κ1) is 20.2. The molecular formula is C20H24N4O3S. The van der Waals surface area contributed by atoms with Gasteiger partial charge in [0.1, 0.15) is 0 Å². The highest BCUT2D eigenvalue weighted by Gasteiger charge is 2.18. The number of nitro groups is 1. The number of benzene rings is 2. The van der Waals surface area contributed by atoms with Gasteiger partial charge in [-0.2, -0.15) is 11.8 Å². The maximum absolute atomic E-state index is 12.8. The maximum atomic E-state index is 12.8. The van der Waals surface area contributed by atoms with Crippen LogP contribution in [0.1, 0.15) is 15.9 Å². The van der Waals surface area contributed by atoms with Crippen LogP contribution in [0, 0.1) is 10.1 Å². The topological polar surface area (TPSA) is 78.7 Å². The first-order valence-corrected chi connectivity index (χ1v) is 10.3. The summed E-state index contributed by atoms with van der Waals surface area (Å²) in [6.45, 7) is 2.99. The van der Waals surface area contributed by atoms with Gasteiger partial charge in [-0.1, -0.05) is 12.1 Å². The van der Waals surface area contributed by atoms with E-state index >= 15 is 0 Å². The summed E-state index contributed by atoms with van der Waals surface area (Å²) in [5.41, 5.74) is 2.62. The van der Waals surface area contributed by atoms with E-state index in [1.54, 1.807) is 25.1 Å². The molecule has 28 heavy (non-hydrogen) atoms. The SMILES string of the molecule is CN(C)c1ccc([N+](=O)[O-])cc1C(=O)Nc1cccc(CN2CCSCC2)c1. The van der Waals surface area contributed by atoms with Gasteiger partial charge in [0.15, 0.2) is 0 Å². The number of anilines is 2. The quantitative estimate of drug-likeness (QED) is 0.591. The van der Waals surface area contributed by atoms with Crippen molar-refractivity contribution in [3.8, 4) is 0 Å². The first-order chi connectivity index (χ1) is 13.4. The summed E-state index contributed by atoms with van der Waals surface area (Å²) < 4.78 is 0. The molecule has 1 fully saturated rings. The molecule has 8 heteroatoms. The highest BCUT2D eigenvalue weighted by atomic mass is 32.2. The van der Waals surface area contributed by atoms with E-state index in [9.17, 15) is 14.9 Å². The van der Waals surface area contributed by atoms with Crippen molar-refractivity contribution < 1.29 is 9.72 Å². The average Bonchev–Trinajstić information content (AvgIpc) is 2.68. The summed E-state index contributed by atoms with van der Waals surface area (Å²) in [4.78, 5) is 27.6. The van der Waals surface area contributed by atoms with Crippen molar-refractivity contribution in [3.05, 3.63) is 63.7 Å². The number of hydrogen-bond acceptors (Lipinski definition) is 6. The maximum Gasteiger partial charge on any atom is 0.270 e. The van der Waals surface area contributed by atoms with E-state index in [0.717, 1.165) is 36.7 Å². The third kappa shape index (κ3) is 5.02. The second-order valence-corrected chi connectivity index (χ2v) is 8.12. The lowest BCUT2D eigenvalue weighted by molar-refractivity contribution is -0.384. The van der Waals surface area contributed by atoms with Gasteiger partial charge in [-0.25, -0.2) is 0 Å². The van der Waals surface area contributed by atoms with E-state index in [-0.39, 0.29) is 17.2 Å². The van der Waals surface area contributed by atoms with Crippen LogP contribution in [0.15, 0.2) is 42.5 Å². The first-order valence-electron chi connectivity index (χ1n) is 9.10. The van der Waals surface area contributed by atoms with E-state index < -0.39 is 4.92 Å². The number of carbonyl (C=O) groups is 1. The molecule has 0 spiro atoms. The Morgan fingerprint density at radius 3 is 2.64 bits per heavy atom. The molecule has 1 aliphatic heterocycles. The summed E-state index contributed by atoms with van der Waals surface area (Å²) in [6.07, 6.45) is 0. The minimum atomic E-state index is -0.492. The Kier molecular flexibility index (Phi) is 6.53. The Hall–Kier alpha value is -2.58. The van der Waals surface area contributed by atoms with Crippen LogP contribution in [0.2, 0.25) is 0 Å². The number of amides is 1. The van der Waals surface area contributed by atoms with Gasteiger partial charge in [0, 0.05) is 68.7 Å². The monoisotopic (exact) mass is 400 g/mol. The lowest BCUT2D eigenvalue weighted by atomic mass is 10.1. The van der Waals surface area contributed by atoms with Gasteiger partial charge in [0.2, 0.25) is 0 Å². The number of nitro benzene ring substituents is 1. The van der Waals surface area contributed by atoms with Gasteiger partial charge in [0.25, 0.3) is 11.6 Å². The smallest absolute Gasteiger partial charge is 0.270 e. The highest BCUT2D eigenvalue weighted by Crippen LogP contribution is 2.25. The van der Waals surface area contributed by atoms with Crippen molar-refractivity contribution in [3.63, 3.8) is 0 Å². The predicted octanol–water partition coefficient (Wildman–Crippen LogP) is 3.46. The highest BCUT2D eigenvalue weighted by molar-refractivity contribution is 7.99. The minimum Gasteiger partial charge on any atom is -0.377 e. The predicted molar refractivity (Wildman–Crippen MR) is 114 cm³/mol. The Morgan fingerprint density at radius 1 is 1.21 bits per heavy atom. The second-order valence-electron chi connectivity index (χ2n) is 6.90. The fraction of sp³-hybridized carbons (Fsp3) is 0.350. The second kappa shape index (κ2) is 9.07. The van der Waals surface area contributed by atoms with Crippen LogP contribution in [0.4, 0.5) is 17.1 Å². The summed E-state index contributed by atoms with van der Waals surface area (Å²) >= 11 is 1.97. The molecule has 3 rings (SSSR count). The van der Waals surface area contributed by atoms with Gasteiger partial charge in [-0.15, -0.1) is 0 Å². The van der Waals surface area contributed by atoms with E-state index in [1.807, 2.05) is 30.0 Å². The number of thioether (sulfide) groups is 1. The Labute approximate surface area is 168 Å². The van der Waals surface area contributed by atoms with Crippen molar-refractivity contribution in [2.24, 2.45) is 0 Å². The molecular weight excluding hydrogens is 376 g/mol. The number of rotatable bonds is 6. The van der Waals surface area contributed by atoms with Gasteiger partial charge in [-0.3, -0.25) is 19.8 Å². The van der Waals surface area contributed by atoms with Crippen molar-refractivity contribution in [2.45, 2.75) is 6.54 Å². The Bertz CT molecular complexity index is 866. The molecule has 1 aliphatic rings. The van der Waals surface area contributed by atoms with Gasteiger partial charge < -0.3 is 10.2 Å². The Balaban J connectivity index is 1.78. The lowest BCUT2D eigenvalue weighted by Crippen LogP contribution is -2.31. The lowest BCUT2D eigenvalue weighted by Gasteiger charge is -2.26. The van der Waals surface area contributed by atoms with E-state index in [1.165, 1.54) is 12.1 Å². The molecule has 0 aromatic heterocycles. The van der Waals surface area contributed by atoms with Gasteiger partial charge >= 0.3 is 0 Å². The summed E-state index contributed by atoms with van der Waals surface area (Å²) in [7, 11) is 3.60. The summed E-state index contributed by atoms with van der Waals surface area (Å²) in [5, 5.41) is 14.0. The number of nitrogens with one attached hydrogen (secondary N) is 1. The molecule has 1 saturated heterocycles. The molecule has 0 bridgehead atoms. The van der Waals surface area contributed by atoms with Crippen molar-refractivity contribution in [1.82, 2.24) is 4.90 Å². The largest absolute Gasteiger partial charge is 0.377 e. The normalized spacial score (nSPS) is 14.5. The molecule has 0 radical (unpaired) electrons. The third-order valence-corrected chi connectivity index (χ3v) is 5.55. The third-order valence-electron chi connectivity index (χ3n) is 4.61. The van der Waals surface area contributed by atoms with Gasteiger partial charge in [-0.05, 0) is 23.8 Å². The average molecular weight is 401 g/mol. The molecule has 0 atom stereocenters. The summed E-state index contributed by atoms with van der Waals surface area (Å²) in [6, 6.07) is 12.1. The number of hydrogen-bond donors (Lipinski definition) is 1. The molecule has 7 nitrogen and oxygen atoms in total. The molecule has 148 valence electrons. The molecule has 2 aromatic carbocycles. The fourth-order valence-corrected chi connectivity index (χ4v) is 4.15. The molecule has 0 saturated carbocycles. The van der Waals surface area contributed by atoms with Crippen LogP contribution >= 0.6 is 11.8 Å². The Morgan fingerprint density at radius 2 is 1.96 bits per heavy atom. The zero-order valence-electron chi connectivity index (χ0n) is 16.1. The minimum absolute atomic E-state index is 0.104. The van der Waals surface area contributed by atoms with Crippen LogP contribution in [0.5, 0.6) is 0 Å². The van der Waals surface area contributed by atoms with Crippen molar-refractivity contribution >= 4 is 34.7 Å². The molecule has 1 N–H and O–H groups in total. The molecule has 0 aliphatic carbocycles. The van der Waals surface area contributed by atoms with E-state index in [2.05, 4.69) is 16.3 Å². The van der Waals surface area contributed by atoms with Crippen molar-refractivity contribution in [1.29, 1.82) is 0 Å². The standard InChI is InChI=1S/C20H24N4O3S/c1-22(2)19-7-6-17(24(26)27)13-18(19)20(25)21-16-5-3-4-15(12-16)14-23-8-10-28-11-9-23/h3-7,12-13H,8-11,14H2,1-2H3,(H,21,25). The number of carbonyl (C=O) groups excluding carboxylic acids is 1. The van der Waals surface area contributed by atoms with Crippen LogP contribution in [-0.2, 0) is 6.54 Å². The van der Waals surface area contributed by atoms with Crippen LogP contribution < -0.4 is 10.2 Å². The fourth-order valence-electron chi connectivity index (χ4n) is 3.17. The number of nitrogens with zero attached hydrogens (tertiary/aromatic N) is 3. The molecule has 0 unspecified atom stereocenters. The van der Waals surface area contributed by atoms with Crippen LogP contribution in [0.3, 0.4) is 0 Å².